The van der Waals surface area contributed by atoms with Gasteiger partial charge in [-0.15, -0.1) is 20.5 Å². The molecule has 0 saturated heterocycles. The number of halogens is 6. The van der Waals surface area contributed by atoms with Crippen molar-refractivity contribution in [3.8, 4) is 0 Å². The molecule has 0 bridgehead atoms. The minimum absolute atomic E-state index is 0.0387. The molecule has 0 fully saturated rings. The highest BCUT2D eigenvalue weighted by Gasteiger charge is 2.65. The molecule has 0 spiro atoms. The third-order valence-corrected chi connectivity index (χ3v) is 5.00. The number of rotatable bonds is 6. The molecule has 0 unspecified atom stereocenters. The molecule has 0 saturated carbocycles. The summed E-state index contributed by atoms with van der Waals surface area (Å²) in [6.07, 6.45) is -8.96. The Hall–Kier alpha value is -3.11. The Morgan fingerprint density at radius 1 is 0.700 bits per heavy atom. The van der Waals surface area contributed by atoms with Crippen molar-refractivity contribution in [3.05, 3.63) is 70.8 Å². The molecule has 0 aromatic heterocycles. The first-order valence-corrected chi connectivity index (χ1v) is 8.73. The van der Waals surface area contributed by atoms with Crippen LogP contribution >= 0.6 is 0 Å². The van der Waals surface area contributed by atoms with Crippen molar-refractivity contribution in [2.75, 3.05) is 0 Å². The van der Waals surface area contributed by atoms with E-state index in [9.17, 15) is 31.1 Å². The summed E-state index contributed by atoms with van der Waals surface area (Å²) in [5.41, 5.74) is -4.44. The number of hydrogen-bond donors (Lipinski definition) is 0. The van der Waals surface area contributed by atoms with E-state index in [4.69, 9.17) is 0 Å². The molecule has 4 rings (SSSR count). The average molecular weight is 426 g/mol. The molecule has 0 atom stereocenters. The second-order valence-corrected chi connectivity index (χ2v) is 6.94. The van der Waals surface area contributed by atoms with E-state index >= 15 is 0 Å². The fraction of sp³-hybridized carbons (Fsp3) is 0.316. The Labute approximate surface area is 165 Å². The SMILES string of the molecule is O=C(CCc1ccc(C2(C(F)(F)F)N=N2)cc1)c1ccc(C2(C(F)(F)F)N=N2)cc1. The summed E-state index contributed by atoms with van der Waals surface area (Å²) in [5, 5.41) is 12.5. The molecular weight excluding hydrogens is 414 g/mol. The molecule has 156 valence electrons. The maximum atomic E-state index is 13.0. The highest BCUT2D eigenvalue weighted by Crippen LogP contribution is 2.53. The van der Waals surface area contributed by atoms with Gasteiger partial charge in [-0.25, -0.2) is 0 Å². The van der Waals surface area contributed by atoms with Crippen molar-refractivity contribution in [2.45, 2.75) is 36.5 Å². The maximum absolute atomic E-state index is 13.0. The highest BCUT2D eigenvalue weighted by molar-refractivity contribution is 5.96. The first-order chi connectivity index (χ1) is 14.0. The van der Waals surface area contributed by atoms with Gasteiger partial charge in [0.15, 0.2) is 5.78 Å². The van der Waals surface area contributed by atoms with Gasteiger partial charge in [0, 0.05) is 23.1 Å². The molecule has 0 aliphatic carbocycles. The molecular formula is C19H12F6N4O. The van der Waals surface area contributed by atoms with Gasteiger partial charge in [-0.3, -0.25) is 4.79 Å². The number of benzene rings is 2. The maximum Gasteiger partial charge on any atom is 0.442 e. The molecule has 30 heavy (non-hydrogen) atoms. The highest BCUT2D eigenvalue weighted by atomic mass is 19.4. The Balaban J connectivity index is 1.37. The summed E-state index contributed by atoms with van der Waals surface area (Å²) >= 11 is 0. The fourth-order valence-corrected chi connectivity index (χ4v) is 3.08. The lowest BCUT2D eigenvalue weighted by atomic mass is 9.96. The van der Waals surface area contributed by atoms with Crippen LogP contribution in [0.3, 0.4) is 0 Å². The third-order valence-electron chi connectivity index (χ3n) is 5.00. The molecule has 2 aliphatic rings. The van der Waals surface area contributed by atoms with Crippen molar-refractivity contribution in [2.24, 2.45) is 20.5 Å². The minimum Gasteiger partial charge on any atom is -0.294 e. The molecule has 2 heterocycles. The number of Topliss-reactive ketones (excluding diaryl/α,β-unsaturated/α-hetero) is 1. The second kappa shape index (κ2) is 6.44. The third kappa shape index (κ3) is 3.27. The summed E-state index contributed by atoms with van der Waals surface area (Å²) in [5.74, 6) is -0.310. The van der Waals surface area contributed by atoms with Gasteiger partial charge in [-0.05, 0) is 12.0 Å². The predicted octanol–water partition coefficient (Wildman–Crippen LogP) is 5.86. The molecule has 5 nitrogen and oxygen atoms in total. The van der Waals surface area contributed by atoms with Crippen LogP contribution in [0.4, 0.5) is 26.3 Å². The van der Waals surface area contributed by atoms with E-state index in [-0.39, 0.29) is 35.3 Å². The topological polar surface area (TPSA) is 66.5 Å². The largest absolute Gasteiger partial charge is 0.442 e. The van der Waals surface area contributed by atoms with Crippen LogP contribution in [0.25, 0.3) is 0 Å². The van der Waals surface area contributed by atoms with Gasteiger partial charge in [-0.1, -0.05) is 48.5 Å². The molecule has 11 heteroatoms. The van der Waals surface area contributed by atoms with Crippen LogP contribution in [0.5, 0.6) is 0 Å². The molecule has 0 radical (unpaired) electrons. The summed E-state index contributed by atoms with van der Waals surface area (Å²) in [6.45, 7) is 0. The summed E-state index contributed by atoms with van der Waals surface area (Å²) in [4.78, 5) is 12.3. The smallest absolute Gasteiger partial charge is 0.294 e. The molecule has 0 amide bonds. The van der Waals surface area contributed by atoms with E-state index in [2.05, 4.69) is 20.5 Å². The second-order valence-electron chi connectivity index (χ2n) is 6.94. The minimum atomic E-state index is -4.64. The standard InChI is InChI=1S/C19H12F6N4O/c20-18(21,22)16(26-27-16)13-6-1-11(2-7-13)3-10-15(30)12-4-8-14(9-5-12)17(28-29-17)19(23,24)25/h1-2,4-9H,3,10H2. The monoisotopic (exact) mass is 426 g/mol. The lowest BCUT2D eigenvalue weighted by Gasteiger charge is -2.15. The van der Waals surface area contributed by atoms with Crippen molar-refractivity contribution < 1.29 is 31.1 Å². The van der Waals surface area contributed by atoms with E-state index in [0.717, 1.165) is 12.1 Å². The van der Waals surface area contributed by atoms with Crippen molar-refractivity contribution in [1.29, 1.82) is 0 Å². The van der Waals surface area contributed by atoms with Crippen LogP contribution in [-0.2, 0) is 17.7 Å². The van der Waals surface area contributed by atoms with E-state index in [1.165, 1.54) is 36.4 Å². The van der Waals surface area contributed by atoms with Gasteiger partial charge < -0.3 is 0 Å². The van der Waals surface area contributed by atoms with E-state index in [1.807, 2.05) is 0 Å². The Bertz CT molecular complexity index is 1030. The molecule has 2 aromatic rings. The quantitative estimate of drug-likeness (QED) is 0.421. The normalized spacial score (nSPS) is 18.3. The molecule has 0 N–H and O–H groups in total. The van der Waals surface area contributed by atoms with Gasteiger partial charge in [0.25, 0.3) is 0 Å². The van der Waals surface area contributed by atoms with Crippen molar-refractivity contribution in [3.63, 3.8) is 0 Å². The number of hydrogen-bond acceptors (Lipinski definition) is 5. The lowest BCUT2D eigenvalue weighted by Crippen LogP contribution is -2.30. The fourth-order valence-electron chi connectivity index (χ4n) is 3.08. The number of ketones is 1. The van der Waals surface area contributed by atoms with E-state index < -0.39 is 23.7 Å². The molecule has 2 aromatic carbocycles. The van der Waals surface area contributed by atoms with Gasteiger partial charge in [-0.2, -0.15) is 26.3 Å². The average Bonchev–Trinajstić information content (AvgIpc) is 3.58. The number of alkyl halides is 6. The van der Waals surface area contributed by atoms with Gasteiger partial charge in [0.05, 0.1) is 0 Å². The Kier molecular flexibility index (Phi) is 4.33. The summed E-state index contributed by atoms with van der Waals surface area (Å²) in [7, 11) is 0. The first kappa shape index (κ1) is 20.2. The lowest BCUT2D eigenvalue weighted by molar-refractivity contribution is -0.166. The van der Waals surface area contributed by atoms with Gasteiger partial charge >= 0.3 is 23.7 Å². The van der Waals surface area contributed by atoms with Crippen molar-refractivity contribution >= 4 is 5.78 Å². The number of carbonyl (C=O) groups is 1. The summed E-state index contributed by atoms with van der Waals surface area (Å²) < 4.78 is 77.9. The number of carbonyl (C=O) groups excluding carboxylic acids is 1. The van der Waals surface area contributed by atoms with Gasteiger partial charge in [0.2, 0.25) is 0 Å². The van der Waals surface area contributed by atoms with Crippen LogP contribution in [0.15, 0.2) is 69.0 Å². The number of aryl methyl sites for hydroxylation is 1. The van der Waals surface area contributed by atoms with Gasteiger partial charge in [0.1, 0.15) is 0 Å². The summed E-state index contributed by atoms with van der Waals surface area (Å²) in [6, 6.07) is 10.3. The van der Waals surface area contributed by atoms with Crippen molar-refractivity contribution in [1.82, 2.24) is 0 Å². The van der Waals surface area contributed by atoms with Crippen LogP contribution in [0.1, 0.15) is 33.5 Å². The zero-order chi connectivity index (χ0) is 21.8. The van der Waals surface area contributed by atoms with Crippen LogP contribution in [-0.4, -0.2) is 18.1 Å². The van der Waals surface area contributed by atoms with Crippen LogP contribution in [0.2, 0.25) is 0 Å². The Morgan fingerprint density at radius 3 is 1.47 bits per heavy atom. The molecule has 2 aliphatic heterocycles. The van der Waals surface area contributed by atoms with Crippen LogP contribution in [0, 0.1) is 0 Å². The zero-order valence-corrected chi connectivity index (χ0v) is 15.0. The number of nitrogens with zero attached hydrogens (tertiary/aromatic N) is 4. The predicted molar refractivity (Wildman–Crippen MR) is 90.7 cm³/mol. The van der Waals surface area contributed by atoms with Crippen LogP contribution < -0.4 is 0 Å². The Morgan fingerprint density at radius 2 is 1.10 bits per heavy atom. The first-order valence-electron chi connectivity index (χ1n) is 8.73. The zero-order valence-electron chi connectivity index (χ0n) is 15.0. The van der Waals surface area contributed by atoms with E-state index in [0.29, 0.717) is 5.56 Å². The van der Waals surface area contributed by atoms with E-state index in [1.54, 1.807) is 0 Å².